The minimum atomic E-state index is -0.104. The lowest BCUT2D eigenvalue weighted by molar-refractivity contribution is -0.117. The van der Waals surface area contributed by atoms with Gasteiger partial charge in [0.15, 0.2) is 0 Å². The fraction of sp³-hybridized carbons (Fsp3) is 0.667. The van der Waals surface area contributed by atoms with E-state index in [-0.39, 0.29) is 18.3 Å². The molecule has 1 saturated carbocycles. The fourth-order valence-electron chi connectivity index (χ4n) is 2.16. The van der Waals surface area contributed by atoms with Gasteiger partial charge in [-0.25, -0.2) is 0 Å². The van der Waals surface area contributed by atoms with E-state index < -0.39 is 0 Å². The molecule has 6 nitrogen and oxygen atoms in total. The van der Waals surface area contributed by atoms with Gasteiger partial charge in [-0.05, 0) is 32.7 Å². The first-order chi connectivity index (χ1) is 8.60. The van der Waals surface area contributed by atoms with Crippen molar-refractivity contribution in [3.8, 4) is 0 Å². The molecule has 1 unspecified atom stereocenters. The first-order valence-corrected chi connectivity index (χ1v) is 6.23. The fourth-order valence-corrected chi connectivity index (χ4v) is 2.16. The number of carbonyl (C=O) groups excluding carboxylic acids is 1. The van der Waals surface area contributed by atoms with E-state index in [1.54, 1.807) is 6.07 Å². The number of carbonyl (C=O) groups is 1. The van der Waals surface area contributed by atoms with E-state index in [9.17, 15) is 4.79 Å². The van der Waals surface area contributed by atoms with Crippen molar-refractivity contribution < 1.29 is 9.32 Å². The first kappa shape index (κ1) is 15.9. The zero-order valence-corrected chi connectivity index (χ0v) is 12.1. The Morgan fingerprint density at radius 3 is 2.84 bits per heavy atom. The van der Waals surface area contributed by atoms with E-state index in [4.69, 9.17) is 10.3 Å². The molecule has 1 aromatic rings. The molecule has 19 heavy (non-hydrogen) atoms. The number of halogens is 1. The molecule has 3 N–H and O–H groups in total. The van der Waals surface area contributed by atoms with Gasteiger partial charge in [-0.2, -0.15) is 0 Å². The zero-order valence-electron chi connectivity index (χ0n) is 11.3. The Labute approximate surface area is 119 Å². The van der Waals surface area contributed by atoms with E-state index in [0.717, 1.165) is 5.69 Å². The molecule has 7 heteroatoms. The molecule has 1 aliphatic rings. The molecular weight excluding hydrogens is 268 g/mol. The second kappa shape index (κ2) is 6.88. The number of rotatable bonds is 6. The van der Waals surface area contributed by atoms with Crippen molar-refractivity contribution in [1.29, 1.82) is 0 Å². The van der Waals surface area contributed by atoms with Gasteiger partial charge in [0.25, 0.3) is 0 Å². The van der Waals surface area contributed by atoms with E-state index in [2.05, 4.69) is 10.5 Å². The van der Waals surface area contributed by atoms with Crippen molar-refractivity contribution in [2.24, 2.45) is 11.7 Å². The van der Waals surface area contributed by atoms with Crippen molar-refractivity contribution in [3.63, 3.8) is 0 Å². The molecule has 0 radical (unpaired) electrons. The summed E-state index contributed by atoms with van der Waals surface area (Å²) in [4.78, 5) is 13.8. The number of hydrogen-bond acceptors (Lipinski definition) is 5. The summed E-state index contributed by atoms with van der Waals surface area (Å²) in [6.45, 7) is 2.72. The summed E-state index contributed by atoms with van der Waals surface area (Å²) in [6, 6.07) is 1.99. The average molecular weight is 289 g/mol. The summed E-state index contributed by atoms with van der Waals surface area (Å²) in [7, 11) is 1.93. The Morgan fingerprint density at radius 2 is 2.37 bits per heavy atom. The second-order valence-corrected chi connectivity index (χ2v) is 4.94. The minimum Gasteiger partial charge on any atom is -0.338 e. The van der Waals surface area contributed by atoms with Crippen molar-refractivity contribution in [2.45, 2.75) is 25.8 Å². The summed E-state index contributed by atoms with van der Waals surface area (Å²) in [5, 5.41) is 6.40. The Morgan fingerprint density at radius 1 is 1.68 bits per heavy atom. The van der Waals surface area contributed by atoms with E-state index in [1.165, 1.54) is 12.8 Å². The molecule has 1 aromatic heterocycles. The highest BCUT2D eigenvalue weighted by molar-refractivity contribution is 5.90. The molecule has 2 rings (SSSR count). The summed E-state index contributed by atoms with van der Waals surface area (Å²) >= 11 is 0. The third kappa shape index (κ3) is 4.49. The molecule has 108 valence electrons. The number of aryl methyl sites for hydroxylation is 1. The van der Waals surface area contributed by atoms with Crippen molar-refractivity contribution in [3.05, 3.63) is 11.8 Å². The van der Waals surface area contributed by atoms with Crippen LogP contribution in [0.3, 0.4) is 0 Å². The summed E-state index contributed by atoms with van der Waals surface area (Å²) in [6.07, 6.45) is 2.43. The maximum Gasteiger partial charge on any atom is 0.240 e. The first-order valence-electron chi connectivity index (χ1n) is 6.23. The van der Waals surface area contributed by atoms with Gasteiger partial charge >= 0.3 is 0 Å². The van der Waals surface area contributed by atoms with Crippen LogP contribution in [-0.4, -0.2) is 42.1 Å². The Bertz CT molecular complexity index is 420. The van der Waals surface area contributed by atoms with Gasteiger partial charge in [-0.3, -0.25) is 15.0 Å². The number of likely N-dealkylation sites (N-methyl/N-ethyl adjacent to an activating group) is 1. The van der Waals surface area contributed by atoms with Gasteiger partial charge in [0.05, 0.1) is 12.2 Å². The van der Waals surface area contributed by atoms with Crippen molar-refractivity contribution >= 4 is 24.2 Å². The van der Waals surface area contributed by atoms with Crippen LogP contribution >= 0.6 is 12.4 Å². The quantitative estimate of drug-likeness (QED) is 0.816. The molecule has 0 aromatic carbocycles. The Kier molecular flexibility index (Phi) is 5.78. The highest BCUT2D eigenvalue weighted by Crippen LogP contribution is 2.34. The molecular formula is C12H21ClN4O2. The SMILES string of the molecule is Cc1cc(NC(=O)CN(C)C(CN)C2CC2)on1.Cl. The standard InChI is InChI=1S/C12H20N4O2.ClH/c1-8-5-12(18-15-8)14-11(17)7-16(2)10(6-13)9-3-4-9;/h5,9-10H,3-4,6-7,13H2,1-2H3,(H,14,17);1H. The molecule has 1 amide bonds. The summed E-state index contributed by atoms with van der Waals surface area (Å²) < 4.78 is 4.94. The highest BCUT2D eigenvalue weighted by Gasteiger charge is 2.33. The lowest BCUT2D eigenvalue weighted by atomic mass is 10.1. The number of hydrogen-bond donors (Lipinski definition) is 2. The maximum absolute atomic E-state index is 11.8. The third-order valence-corrected chi connectivity index (χ3v) is 3.26. The third-order valence-electron chi connectivity index (χ3n) is 3.26. The Balaban J connectivity index is 0.00000180. The van der Waals surface area contributed by atoms with E-state index in [0.29, 0.717) is 30.9 Å². The summed E-state index contributed by atoms with van der Waals surface area (Å²) in [5.74, 6) is 0.940. The summed E-state index contributed by atoms with van der Waals surface area (Å²) in [5.41, 5.74) is 6.49. The molecule has 1 fully saturated rings. The average Bonchev–Trinajstić information content (AvgIpc) is 3.04. The van der Waals surface area contributed by atoms with Crippen LogP contribution in [0.2, 0.25) is 0 Å². The number of anilines is 1. The topological polar surface area (TPSA) is 84.4 Å². The molecule has 0 saturated heterocycles. The monoisotopic (exact) mass is 288 g/mol. The van der Waals surface area contributed by atoms with Crippen LogP contribution < -0.4 is 11.1 Å². The lowest BCUT2D eigenvalue weighted by Crippen LogP contribution is -2.43. The second-order valence-electron chi connectivity index (χ2n) is 4.94. The predicted molar refractivity (Wildman–Crippen MR) is 75.3 cm³/mol. The van der Waals surface area contributed by atoms with Gasteiger partial charge in [0.1, 0.15) is 0 Å². The van der Waals surface area contributed by atoms with Crippen molar-refractivity contribution in [1.82, 2.24) is 10.1 Å². The number of amides is 1. The van der Waals surface area contributed by atoms with Crippen LogP contribution in [0.4, 0.5) is 5.88 Å². The molecule has 0 bridgehead atoms. The van der Waals surface area contributed by atoms with Crippen LogP contribution in [0.1, 0.15) is 18.5 Å². The van der Waals surface area contributed by atoms with Crippen molar-refractivity contribution in [2.75, 3.05) is 25.5 Å². The number of aromatic nitrogens is 1. The zero-order chi connectivity index (χ0) is 13.1. The highest BCUT2D eigenvalue weighted by atomic mass is 35.5. The smallest absolute Gasteiger partial charge is 0.240 e. The molecule has 1 aliphatic carbocycles. The maximum atomic E-state index is 11.8. The van der Waals surface area contributed by atoms with Gasteiger partial charge in [-0.15, -0.1) is 12.4 Å². The van der Waals surface area contributed by atoms with E-state index in [1.807, 2.05) is 18.9 Å². The number of nitrogens with zero attached hydrogens (tertiary/aromatic N) is 2. The lowest BCUT2D eigenvalue weighted by Gasteiger charge is -2.25. The van der Waals surface area contributed by atoms with Crippen LogP contribution in [0.5, 0.6) is 0 Å². The van der Waals surface area contributed by atoms with E-state index >= 15 is 0 Å². The van der Waals surface area contributed by atoms with Crippen LogP contribution in [0, 0.1) is 12.8 Å². The van der Waals surface area contributed by atoms with Crippen LogP contribution in [0.25, 0.3) is 0 Å². The largest absolute Gasteiger partial charge is 0.338 e. The minimum absolute atomic E-state index is 0. The molecule has 1 heterocycles. The number of nitrogens with one attached hydrogen (secondary N) is 1. The Hall–Kier alpha value is -1.11. The van der Waals surface area contributed by atoms with Crippen LogP contribution in [-0.2, 0) is 4.79 Å². The number of nitrogens with two attached hydrogens (primary N) is 1. The van der Waals surface area contributed by atoms with Crippen LogP contribution in [0.15, 0.2) is 10.6 Å². The van der Waals surface area contributed by atoms with Gasteiger partial charge < -0.3 is 10.3 Å². The molecule has 1 atom stereocenters. The van der Waals surface area contributed by atoms with Gasteiger partial charge in [-0.1, -0.05) is 5.16 Å². The molecule has 0 aliphatic heterocycles. The normalized spacial score (nSPS) is 16.0. The van der Waals surface area contributed by atoms with Gasteiger partial charge in [0, 0.05) is 18.7 Å². The predicted octanol–water partition coefficient (Wildman–Crippen LogP) is 1.01. The van der Waals surface area contributed by atoms with Gasteiger partial charge in [0.2, 0.25) is 11.8 Å². The molecule has 0 spiro atoms.